The molecular weight excluding hydrogens is 312 g/mol. The number of rotatable bonds is 4. The van der Waals surface area contributed by atoms with Crippen LogP contribution < -0.4 is 10.6 Å². The quantitative estimate of drug-likeness (QED) is 0.899. The Bertz CT molecular complexity index is 792. The molecule has 1 saturated heterocycles. The molecule has 2 fully saturated rings. The van der Waals surface area contributed by atoms with Crippen molar-refractivity contribution in [1.82, 2.24) is 20.4 Å². The normalized spacial score (nSPS) is 29.8. The molecule has 2 heterocycles. The van der Waals surface area contributed by atoms with Crippen LogP contribution >= 0.6 is 0 Å². The molecule has 1 aliphatic heterocycles. The van der Waals surface area contributed by atoms with Crippen LogP contribution in [0.2, 0.25) is 0 Å². The molecule has 0 radical (unpaired) electrons. The largest absolute Gasteiger partial charge is 0.350 e. The minimum Gasteiger partial charge on any atom is -0.350 e. The van der Waals surface area contributed by atoms with E-state index < -0.39 is 0 Å². The van der Waals surface area contributed by atoms with Crippen molar-refractivity contribution in [3.05, 3.63) is 53.3 Å². The Morgan fingerprint density at radius 2 is 2.24 bits per heavy atom. The maximum absolute atomic E-state index is 12.4. The second kappa shape index (κ2) is 5.99. The summed E-state index contributed by atoms with van der Waals surface area (Å²) in [6.07, 6.45) is 5.40. The van der Waals surface area contributed by atoms with Gasteiger partial charge < -0.3 is 10.6 Å². The third kappa shape index (κ3) is 2.67. The van der Waals surface area contributed by atoms with Crippen molar-refractivity contribution in [1.29, 1.82) is 0 Å². The monoisotopic (exact) mass is 336 g/mol. The highest BCUT2D eigenvalue weighted by Crippen LogP contribution is 2.60. The Balaban J connectivity index is 1.18. The van der Waals surface area contributed by atoms with E-state index in [-0.39, 0.29) is 5.91 Å². The zero-order valence-electron chi connectivity index (χ0n) is 14.3. The molecule has 5 heteroatoms. The van der Waals surface area contributed by atoms with E-state index >= 15 is 0 Å². The smallest absolute Gasteiger partial charge is 0.271 e. The predicted molar refractivity (Wildman–Crippen MR) is 95.6 cm³/mol. The number of nitrogens with one attached hydrogen (secondary N) is 2. The van der Waals surface area contributed by atoms with Gasteiger partial charge in [0.25, 0.3) is 5.91 Å². The van der Waals surface area contributed by atoms with Gasteiger partial charge in [-0.25, -0.2) is 0 Å². The first-order valence-corrected chi connectivity index (χ1v) is 9.43. The highest BCUT2D eigenvalue weighted by Gasteiger charge is 2.55. The average Bonchev–Trinajstić information content (AvgIpc) is 3.03. The van der Waals surface area contributed by atoms with E-state index in [1.165, 1.54) is 17.5 Å². The van der Waals surface area contributed by atoms with Gasteiger partial charge in [-0.3, -0.25) is 9.48 Å². The lowest BCUT2D eigenvalue weighted by atomic mass is 10.0. The van der Waals surface area contributed by atoms with E-state index in [1.807, 2.05) is 16.9 Å². The molecule has 4 atom stereocenters. The fourth-order valence-corrected chi connectivity index (χ4v) is 4.78. The maximum Gasteiger partial charge on any atom is 0.271 e. The molecule has 2 aliphatic carbocycles. The predicted octanol–water partition coefficient (Wildman–Crippen LogP) is 2.12. The maximum atomic E-state index is 12.4. The van der Waals surface area contributed by atoms with Gasteiger partial charge >= 0.3 is 0 Å². The SMILES string of the molecule is O=C(NCC1C2Cc3ccccc3C12)c1ccn(C2CCCNC2)n1. The average molecular weight is 336 g/mol. The van der Waals surface area contributed by atoms with Crippen molar-refractivity contribution in [2.45, 2.75) is 31.2 Å². The molecule has 3 aliphatic rings. The number of carbonyl (C=O) groups is 1. The number of amides is 1. The van der Waals surface area contributed by atoms with Crippen LogP contribution in [-0.2, 0) is 6.42 Å². The molecule has 1 saturated carbocycles. The molecule has 5 rings (SSSR count). The Labute approximate surface area is 147 Å². The van der Waals surface area contributed by atoms with Gasteiger partial charge in [0.1, 0.15) is 5.69 Å². The number of aromatic nitrogens is 2. The number of benzene rings is 1. The van der Waals surface area contributed by atoms with Crippen LogP contribution in [0.5, 0.6) is 0 Å². The van der Waals surface area contributed by atoms with E-state index in [0.717, 1.165) is 38.4 Å². The van der Waals surface area contributed by atoms with Crippen LogP contribution in [0.3, 0.4) is 0 Å². The molecule has 1 amide bonds. The summed E-state index contributed by atoms with van der Waals surface area (Å²) in [5.41, 5.74) is 3.54. The molecule has 1 aromatic heterocycles. The van der Waals surface area contributed by atoms with Crippen LogP contribution in [0.1, 0.15) is 46.4 Å². The van der Waals surface area contributed by atoms with E-state index in [9.17, 15) is 4.79 Å². The van der Waals surface area contributed by atoms with E-state index in [0.29, 0.717) is 23.6 Å². The van der Waals surface area contributed by atoms with Gasteiger partial charge in [0.2, 0.25) is 0 Å². The molecule has 1 aromatic carbocycles. The molecule has 2 aromatic rings. The summed E-state index contributed by atoms with van der Waals surface area (Å²) in [5, 5.41) is 11.0. The number of carbonyl (C=O) groups excluding carboxylic acids is 1. The van der Waals surface area contributed by atoms with Gasteiger partial charge in [-0.15, -0.1) is 0 Å². The Hall–Kier alpha value is -2.14. The Morgan fingerprint density at radius 1 is 1.32 bits per heavy atom. The van der Waals surface area contributed by atoms with E-state index in [4.69, 9.17) is 0 Å². The van der Waals surface area contributed by atoms with Gasteiger partial charge in [-0.05, 0) is 60.8 Å². The standard InChI is InChI=1S/C20H24N4O/c25-20(18-7-9-24(23-18)14-5-3-8-21-11-14)22-12-17-16-10-13-4-1-2-6-15(13)19(16)17/h1-2,4,6-7,9,14,16-17,19,21H,3,5,8,10-12H2,(H,22,25). The lowest BCUT2D eigenvalue weighted by molar-refractivity contribution is 0.0944. The molecule has 2 N–H and O–H groups in total. The van der Waals surface area contributed by atoms with Gasteiger partial charge in [-0.1, -0.05) is 24.3 Å². The fraction of sp³-hybridized carbons (Fsp3) is 0.500. The first-order valence-electron chi connectivity index (χ1n) is 9.43. The first-order chi connectivity index (χ1) is 12.3. The van der Waals surface area contributed by atoms with Gasteiger partial charge in [-0.2, -0.15) is 5.10 Å². The molecule has 130 valence electrons. The topological polar surface area (TPSA) is 59.0 Å². The molecule has 5 nitrogen and oxygen atoms in total. The van der Waals surface area contributed by atoms with Gasteiger partial charge in [0.15, 0.2) is 0 Å². The van der Waals surface area contributed by atoms with Crippen molar-refractivity contribution in [2.75, 3.05) is 19.6 Å². The number of hydrogen-bond acceptors (Lipinski definition) is 3. The molecule has 0 spiro atoms. The van der Waals surface area contributed by atoms with Gasteiger partial charge in [0, 0.05) is 19.3 Å². The van der Waals surface area contributed by atoms with Crippen molar-refractivity contribution >= 4 is 5.91 Å². The van der Waals surface area contributed by atoms with E-state index in [1.54, 1.807) is 0 Å². The first kappa shape index (κ1) is 15.1. The van der Waals surface area contributed by atoms with Gasteiger partial charge in [0.05, 0.1) is 6.04 Å². The second-order valence-corrected chi connectivity index (χ2v) is 7.65. The van der Waals surface area contributed by atoms with Crippen molar-refractivity contribution in [2.24, 2.45) is 11.8 Å². The second-order valence-electron chi connectivity index (χ2n) is 7.65. The number of piperidine rings is 1. The third-order valence-electron chi connectivity index (χ3n) is 6.19. The molecular formula is C20H24N4O. The summed E-state index contributed by atoms with van der Waals surface area (Å²) < 4.78 is 1.95. The minimum absolute atomic E-state index is 0.0409. The van der Waals surface area contributed by atoms with Crippen LogP contribution in [0.15, 0.2) is 36.5 Å². The highest BCUT2D eigenvalue weighted by molar-refractivity contribution is 5.92. The number of nitrogens with zero attached hydrogens (tertiary/aromatic N) is 2. The fourth-order valence-electron chi connectivity index (χ4n) is 4.78. The number of hydrogen-bond donors (Lipinski definition) is 2. The Kier molecular flexibility index (Phi) is 3.63. The lowest BCUT2D eigenvalue weighted by Gasteiger charge is -2.22. The lowest BCUT2D eigenvalue weighted by Crippen LogP contribution is -2.32. The van der Waals surface area contributed by atoms with Crippen LogP contribution in [0, 0.1) is 11.8 Å². The summed E-state index contributed by atoms with van der Waals surface area (Å²) in [6, 6.07) is 11.0. The van der Waals surface area contributed by atoms with Crippen molar-refractivity contribution in [3.8, 4) is 0 Å². The molecule has 25 heavy (non-hydrogen) atoms. The summed E-state index contributed by atoms with van der Waals surface area (Å²) >= 11 is 0. The summed E-state index contributed by atoms with van der Waals surface area (Å²) in [6.45, 7) is 2.78. The third-order valence-corrected chi connectivity index (χ3v) is 6.19. The summed E-state index contributed by atoms with van der Waals surface area (Å²) in [7, 11) is 0. The zero-order valence-corrected chi connectivity index (χ0v) is 14.3. The summed E-state index contributed by atoms with van der Waals surface area (Å²) in [5.74, 6) is 1.94. The molecule has 4 unspecified atom stereocenters. The Morgan fingerprint density at radius 3 is 3.12 bits per heavy atom. The number of fused-ring (bicyclic) bond motifs is 3. The van der Waals surface area contributed by atoms with Crippen molar-refractivity contribution < 1.29 is 4.79 Å². The van der Waals surface area contributed by atoms with Crippen LogP contribution in [0.4, 0.5) is 0 Å². The van der Waals surface area contributed by atoms with Crippen molar-refractivity contribution in [3.63, 3.8) is 0 Å². The summed E-state index contributed by atoms with van der Waals surface area (Å²) in [4.78, 5) is 12.4. The zero-order chi connectivity index (χ0) is 16.8. The molecule has 0 bridgehead atoms. The van der Waals surface area contributed by atoms with Crippen LogP contribution in [0.25, 0.3) is 0 Å². The van der Waals surface area contributed by atoms with Crippen LogP contribution in [-0.4, -0.2) is 35.3 Å². The van der Waals surface area contributed by atoms with E-state index in [2.05, 4.69) is 40.0 Å². The minimum atomic E-state index is -0.0409. The highest BCUT2D eigenvalue weighted by atomic mass is 16.1.